The fourth-order valence-electron chi connectivity index (χ4n) is 3.05. The summed E-state index contributed by atoms with van der Waals surface area (Å²) in [5, 5.41) is 10.2. The van der Waals surface area contributed by atoms with E-state index in [9.17, 15) is 5.11 Å². The molecule has 0 radical (unpaired) electrons. The Kier molecular flexibility index (Phi) is 3.88. The predicted molar refractivity (Wildman–Crippen MR) is 66.6 cm³/mol. The molecule has 0 spiro atoms. The quantitative estimate of drug-likeness (QED) is 0.769. The second-order valence-corrected chi connectivity index (χ2v) is 5.65. The maximum absolute atomic E-state index is 10.2. The summed E-state index contributed by atoms with van der Waals surface area (Å²) in [5.41, 5.74) is -0.344. The van der Waals surface area contributed by atoms with Gasteiger partial charge in [0, 0.05) is 32.2 Å². The van der Waals surface area contributed by atoms with Gasteiger partial charge in [-0.05, 0) is 39.2 Å². The number of rotatable bonds is 2. The Morgan fingerprint density at radius 1 is 1.12 bits per heavy atom. The van der Waals surface area contributed by atoms with E-state index in [2.05, 4.69) is 23.8 Å². The molecule has 1 aliphatic carbocycles. The summed E-state index contributed by atoms with van der Waals surface area (Å²) < 4.78 is 0. The first-order chi connectivity index (χ1) is 7.63. The number of aliphatic hydroxyl groups is 1. The van der Waals surface area contributed by atoms with Crippen molar-refractivity contribution < 1.29 is 5.11 Å². The van der Waals surface area contributed by atoms with Crippen LogP contribution in [-0.2, 0) is 0 Å². The molecule has 3 nitrogen and oxygen atoms in total. The zero-order chi connectivity index (χ0) is 11.6. The van der Waals surface area contributed by atoms with E-state index in [0.29, 0.717) is 0 Å². The zero-order valence-electron chi connectivity index (χ0n) is 10.8. The first-order valence-corrected chi connectivity index (χ1v) is 6.78. The van der Waals surface area contributed by atoms with Gasteiger partial charge in [-0.25, -0.2) is 0 Å². The van der Waals surface area contributed by atoms with Gasteiger partial charge >= 0.3 is 0 Å². The smallest absolute Gasteiger partial charge is 0.0646 e. The molecule has 1 saturated heterocycles. The maximum Gasteiger partial charge on any atom is 0.0646 e. The van der Waals surface area contributed by atoms with Crippen LogP contribution in [0.4, 0.5) is 0 Å². The van der Waals surface area contributed by atoms with Crippen LogP contribution >= 0.6 is 0 Å². The minimum atomic E-state index is -0.344. The van der Waals surface area contributed by atoms with Crippen molar-refractivity contribution in [3.05, 3.63) is 0 Å². The Morgan fingerprint density at radius 2 is 1.69 bits per heavy atom. The Balaban J connectivity index is 1.80. The van der Waals surface area contributed by atoms with Gasteiger partial charge in [0.15, 0.2) is 0 Å². The average molecular weight is 226 g/mol. The Bertz CT molecular complexity index is 216. The highest BCUT2D eigenvalue weighted by Crippen LogP contribution is 2.33. The van der Waals surface area contributed by atoms with Gasteiger partial charge in [0.2, 0.25) is 0 Å². The van der Waals surface area contributed by atoms with Gasteiger partial charge in [-0.3, -0.25) is 4.90 Å². The van der Waals surface area contributed by atoms with Gasteiger partial charge in [-0.15, -0.1) is 0 Å². The van der Waals surface area contributed by atoms with Crippen LogP contribution in [0.5, 0.6) is 0 Å². The highest BCUT2D eigenvalue weighted by atomic mass is 16.3. The molecule has 0 aromatic rings. The van der Waals surface area contributed by atoms with E-state index < -0.39 is 0 Å². The van der Waals surface area contributed by atoms with Crippen LogP contribution in [0.25, 0.3) is 0 Å². The Hall–Kier alpha value is -0.120. The molecule has 0 amide bonds. The van der Waals surface area contributed by atoms with Crippen LogP contribution in [0, 0.1) is 0 Å². The van der Waals surface area contributed by atoms with E-state index in [1.807, 2.05) is 0 Å². The summed E-state index contributed by atoms with van der Waals surface area (Å²) in [6.07, 6.45) is 5.30. The van der Waals surface area contributed by atoms with Crippen molar-refractivity contribution in [2.75, 3.05) is 33.2 Å². The van der Waals surface area contributed by atoms with Crippen LogP contribution in [0.3, 0.4) is 0 Å². The number of hydrogen-bond acceptors (Lipinski definition) is 3. The molecule has 2 aliphatic rings. The lowest BCUT2D eigenvalue weighted by molar-refractivity contribution is -0.0286. The summed E-state index contributed by atoms with van der Waals surface area (Å²) in [6, 6.07) is 0.737. The van der Waals surface area contributed by atoms with E-state index in [1.54, 1.807) is 0 Å². The molecule has 1 saturated carbocycles. The lowest BCUT2D eigenvalue weighted by Gasteiger charge is -2.43. The second kappa shape index (κ2) is 5.03. The average Bonchev–Trinajstić information content (AvgIpc) is 2.32. The van der Waals surface area contributed by atoms with Gasteiger partial charge in [0.25, 0.3) is 0 Å². The molecular formula is C13H26N2O. The van der Waals surface area contributed by atoms with E-state index >= 15 is 0 Å². The summed E-state index contributed by atoms with van der Waals surface area (Å²) in [7, 11) is 2.20. The third-order valence-corrected chi connectivity index (χ3v) is 4.60. The van der Waals surface area contributed by atoms with Crippen molar-refractivity contribution in [2.24, 2.45) is 0 Å². The predicted octanol–water partition coefficient (Wildman–Crippen LogP) is 1.32. The highest BCUT2D eigenvalue weighted by Gasteiger charge is 2.34. The molecule has 2 rings (SSSR count). The normalized spacial score (nSPS) is 38.8. The van der Waals surface area contributed by atoms with Crippen molar-refractivity contribution >= 4 is 0 Å². The Labute approximate surface area is 99.4 Å². The fourth-order valence-corrected chi connectivity index (χ4v) is 3.05. The SMILES string of the molecule is CC[C@]1(O)CC[C@@H](N2CCN(C)CC2)CC1. The van der Waals surface area contributed by atoms with Crippen LogP contribution < -0.4 is 0 Å². The number of likely N-dealkylation sites (N-methyl/N-ethyl adjacent to an activating group) is 1. The number of piperazine rings is 1. The minimum absolute atomic E-state index is 0.344. The van der Waals surface area contributed by atoms with E-state index in [0.717, 1.165) is 25.3 Å². The summed E-state index contributed by atoms with van der Waals surface area (Å²) >= 11 is 0. The second-order valence-electron chi connectivity index (χ2n) is 5.65. The van der Waals surface area contributed by atoms with Crippen LogP contribution in [0.2, 0.25) is 0 Å². The first-order valence-electron chi connectivity index (χ1n) is 6.78. The van der Waals surface area contributed by atoms with Crippen molar-refractivity contribution in [3.8, 4) is 0 Å². The molecule has 1 heterocycles. The molecular weight excluding hydrogens is 200 g/mol. The molecule has 0 aromatic heterocycles. The van der Waals surface area contributed by atoms with Gasteiger partial charge in [-0.2, -0.15) is 0 Å². The largest absolute Gasteiger partial charge is 0.390 e. The molecule has 0 atom stereocenters. The highest BCUT2D eigenvalue weighted by molar-refractivity contribution is 4.89. The molecule has 1 aliphatic heterocycles. The van der Waals surface area contributed by atoms with Gasteiger partial charge in [-0.1, -0.05) is 6.92 Å². The third-order valence-electron chi connectivity index (χ3n) is 4.60. The first kappa shape index (κ1) is 12.3. The summed E-state index contributed by atoms with van der Waals surface area (Å²) in [5.74, 6) is 0. The van der Waals surface area contributed by atoms with Crippen LogP contribution in [0.15, 0.2) is 0 Å². The lowest BCUT2D eigenvalue weighted by Crippen LogP contribution is -2.51. The molecule has 2 fully saturated rings. The standard InChI is InChI=1S/C13H26N2O/c1-3-13(16)6-4-12(5-7-13)15-10-8-14(2)9-11-15/h12,16H,3-11H2,1-2H3/t12-,13+. The summed E-state index contributed by atoms with van der Waals surface area (Å²) in [4.78, 5) is 5.04. The molecule has 3 heteroatoms. The fraction of sp³-hybridized carbons (Fsp3) is 1.00. The zero-order valence-corrected chi connectivity index (χ0v) is 10.8. The Morgan fingerprint density at radius 3 is 2.19 bits per heavy atom. The third kappa shape index (κ3) is 2.76. The van der Waals surface area contributed by atoms with E-state index in [1.165, 1.54) is 39.0 Å². The monoisotopic (exact) mass is 226 g/mol. The summed E-state index contributed by atoms with van der Waals surface area (Å²) in [6.45, 7) is 6.94. The van der Waals surface area contributed by atoms with Crippen molar-refractivity contribution in [3.63, 3.8) is 0 Å². The molecule has 0 unspecified atom stereocenters. The number of hydrogen-bond donors (Lipinski definition) is 1. The van der Waals surface area contributed by atoms with Crippen LogP contribution in [0.1, 0.15) is 39.0 Å². The van der Waals surface area contributed by atoms with Crippen molar-refractivity contribution in [1.82, 2.24) is 9.80 Å². The molecule has 16 heavy (non-hydrogen) atoms. The molecule has 0 bridgehead atoms. The van der Waals surface area contributed by atoms with Gasteiger partial charge < -0.3 is 10.0 Å². The molecule has 94 valence electrons. The van der Waals surface area contributed by atoms with Crippen LogP contribution in [-0.4, -0.2) is 59.8 Å². The molecule has 0 aromatic carbocycles. The maximum atomic E-state index is 10.2. The molecule has 1 N–H and O–H groups in total. The topological polar surface area (TPSA) is 26.7 Å². The number of nitrogens with zero attached hydrogens (tertiary/aromatic N) is 2. The lowest BCUT2D eigenvalue weighted by atomic mass is 9.80. The van der Waals surface area contributed by atoms with E-state index in [4.69, 9.17) is 0 Å². The van der Waals surface area contributed by atoms with E-state index in [-0.39, 0.29) is 5.60 Å². The van der Waals surface area contributed by atoms with Crippen molar-refractivity contribution in [1.29, 1.82) is 0 Å². The van der Waals surface area contributed by atoms with Gasteiger partial charge in [0.05, 0.1) is 5.60 Å². The minimum Gasteiger partial charge on any atom is -0.390 e. The van der Waals surface area contributed by atoms with Gasteiger partial charge in [0.1, 0.15) is 0 Å². The van der Waals surface area contributed by atoms with Crippen molar-refractivity contribution in [2.45, 2.75) is 50.7 Å².